The van der Waals surface area contributed by atoms with E-state index in [0.717, 1.165) is 30.7 Å². The van der Waals surface area contributed by atoms with Crippen LogP contribution in [0.15, 0.2) is 36.9 Å². The van der Waals surface area contributed by atoms with E-state index in [1.165, 1.54) is 31.2 Å². The summed E-state index contributed by atoms with van der Waals surface area (Å²) in [6, 6.07) is 8.25. The van der Waals surface area contributed by atoms with E-state index in [-0.39, 0.29) is 0 Å². The zero-order valence-electron chi connectivity index (χ0n) is 12.6. The number of hydrogen-bond acceptors (Lipinski definition) is 2. The molecule has 2 nitrogen and oxygen atoms in total. The summed E-state index contributed by atoms with van der Waals surface area (Å²) in [6.07, 6.45) is 7.35. The van der Waals surface area contributed by atoms with Crippen LogP contribution in [0.3, 0.4) is 0 Å². The van der Waals surface area contributed by atoms with Gasteiger partial charge in [0.05, 0.1) is 0 Å². The minimum Gasteiger partial charge on any atom is -0.489 e. The van der Waals surface area contributed by atoms with Gasteiger partial charge in [-0.2, -0.15) is 0 Å². The molecule has 2 heteroatoms. The fourth-order valence-electron chi connectivity index (χ4n) is 3.10. The molecule has 0 radical (unpaired) electrons. The maximum atomic E-state index is 5.69. The van der Waals surface area contributed by atoms with Crippen molar-refractivity contribution in [1.82, 2.24) is 5.32 Å². The lowest BCUT2D eigenvalue weighted by Crippen LogP contribution is -2.26. The molecule has 0 aromatic heterocycles. The fourth-order valence-corrected chi connectivity index (χ4v) is 3.10. The molecule has 1 aromatic rings. The van der Waals surface area contributed by atoms with E-state index in [9.17, 15) is 0 Å². The molecule has 1 fully saturated rings. The van der Waals surface area contributed by atoms with Gasteiger partial charge in [0.1, 0.15) is 12.4 Å². The van der Waals surface area contributed by atoms with E-state index in [2.05, 4.69) is 31.0 Å². The molecule has 1 aliphatic rings. The van der Waals surface area contributed by atoms with Crippen molar-refractivity contribution in [2.45, 2.75) is 39.2 Å². The lowest BCUT2D eigenvalue weighted by Gasteiger charge is -2.27. The van der Waals surface area contributed by atoms with Gasteiger partial charge in [-0.15, -0.1) is 0 Å². The molecular weight excluding hydrogens is 246 g/mol. The van der Waals surface area contributed by atoms with Crippen molar-refractivity contribution in [3.63, 3.8) is 0 Å². The Morgan fingerprint density at radius 1 is 1.35 bits per heavy atom. The maximum absolute atomic E-state index is 5.69. The number of nitrogens with one attached hydrogen (secondary N) is 1. The molecule has 0 spiro atoms. The van der Waals surface area contributed by atoms with Gasteiger partial charge in [-0.3, -0.25) is 0 Å². The van der Waals surface area contributed by atoms with E-state index in [0.29, 0.717) is 6.61 Å². The van der Waals surface area contributed by atoms with Gasteiger partial charge in [-0.05, 0) is 37.3 Å². The Labute approximate surface area is 123 Å². The molecule has 1 saturated carbocycles. The number of benzene rings is 1. The van der Waals surface area contributed by atoms with Crippen molar-refractivity contribution in [3.05, 3.63) is 42.5 Å². The predicted octanol–water partition coefficient (Wildman–Crippen LogP) is 4.17. The summed E-state index contributed by atoms with van der Waals surface area (Å²) in [6.45, 7) is 8.65. The Hall–Kier alpha value is -1.28. The predicted molar refractivity (Wildman–Crippen MR) is 85.0 cm³/mol. The molecule has 2 atom stereocenters. The van der Waals surface area contributed by atoms with Gasteiger partial charge in [0.15, 0.2) is 0 Å². The van der Waals surface area contributed by atoms with Gasteiger partial charge >= 0.3 is 0 Å². The molecule has 1 aliphatic carbocycles. The van der Waals surface area contributed by atoms with E-state index in [4.69, 9.17) is 4.74 Å². The van der Waals surface area contributed by atoms with Crippen molar-refractivity contribution in [3.8, 4) is 5.75 Å². The number of para-hydroxylation sites is 1. The van der Waals surface area contributed by atoms with Gasteiger partial charge in [-0.1, -0.05) is 50.6 Å². The summed E-state index contributed by atoms with van der Waals surface area (Å²) in [5.74, 6) is 2.72. The molecular formula is C18H27NO. The zero-order chi connectivity index (χ0) is 14.2. The minimum atomic E-state index is 0.567. The lowest BCUT2D eigenvalue weighted by molar-refractivity contribution is 0.273. The zero-order valence-corrected chi connectivity index (χ0v) is 12.6. The molecule has 0 heterocycles. The monoisotopic (exact) mass is 273 g/mol. The highest BCUT2D eigenvalue weighted by Gasteiger charge is 2.18. The summed E-state index contributed by atoms with van der Waals surface area (Å²) in [4.78, 5) is 0. The van der Waals surface area contributed by atoms with Crippen molar-refractivity contribution >= 4 is 0 Å². The standard InChI is InChI=1S/C18H27NO/c1-3-11-20-18-10-5-4-9-17(18)14-19-13-16-8-6-7-15(2)12-16/h3-5,9-10,15-16,19H,1,6-8,11-14H2,2H3. The summed E-state index contributed by atoms with van der Waals surface area (Å²) >= 11 is 0. The molecule has 1 aromatic carbocycles. The number of ether oxygens (including phenoxy) is 1. The summed E-state index contributed by atoms with van der Waals surface area (Å²) in [5, 5.41) is 3.60. The Morgan fingerprint density at radius 3 is 3.00 bits per heavy atom. The van der Waals surface area contributed by atoms with Crippen LogP contribution in [0.5, 0.6) is 5.75 Å². The van der Waals surface area contributed by atoms with E-state index >= 15 is 0 Å². The minimum absolute atomic E-state index is 0.567. The number of hydrogen-bond donors (Lipinski definition) is 1. The van der Waals surface area contributed by atoms with Gasteiger partial charge in [0.2, 0.25) is 0 Å². The highest BCUT2D eigenvalue weighted by atomic mass is 16.5. The first-order valence-electron chi connectivity index (χ1n) is 7.82. The maximum Gasteiger partial charge on any atom is 0.124 e. The molecule has 2 unspecified atom stereocenters. The van der Waals surface area contributed by atoms with E-state index in [1.54, 1.807) is 6.08 Å². The first-order chi connectivity index (χ1) is 9.79. The van der Waals surface area contributed by atoms with Crippen LogP contribution in [-0.4, -0.2) is 13.2 Å². The number of rotatable bonds is 7. The van der Waals surface area contributed by atoms with E-state index in [1.807, 2.05) is 12.1 Å². The molecule has 110 valence electrons. The first kappa shape index (κ1) is 15.1. The van der Waals surface area contributed by atoms with Crippen molar-refractivity contribution in [2.24, 2.45) is 11.8 Å². The Kier molecular flexibility index (Phi) is 6.13. The smallest absolute Gasteiger partial charge is 0.124 e. The third-order valence-electron chi connectivity index (χ3n) is 4.12. The second kappa shape index (κ2) is 8.11. The molecule has 0 amide bonds. The average molecular weight is 273 g/mol. The highest BCUT2D eigenvalue weighted by Crippen LogP contribution is 2.28. The van der Waals surface area contributed by atoms with Crippen molar-refractivity contribution < 1.29 is 4.74 Å². The van der Waals surface area contributed by atoms with Gasteiger partial charge in [-0.25, -0.2) is 0 Å². The van der Waals surface area contributed by atoms with Crippen molar-refractivity contribution in [2.75, 3.05) is 13.2 Å². The largest absolute Gasteiger partial charge is 0.489 e. The van der Waals surface area contributed by atoms with Crippen LogP contribution < -0.4 is 10.1 Å². The quantitative estimate of drug-likeness (QED) is 0.753. The van der Waals surface area contributed by atoms with Crippen LogP contribution in [0, 0.1) is 11.8 Å². The summed E-state index contributed by atoms with van der Waals surface area (Å²) in [5.41, 5.74) is 1.23. The molecule has 0 saturated heterocycles. The van der Waals surface area contributed by atoms with Crippen LogP contribution in [0.25, 0.3) is 0 Å². The highest BCUT2D eigenvalue weighted by molar-refractivity contribution is 5.33. The summed E-state index contributed by atoms with van der Waals surface area (Å²) < 4.78 is 5.69. The topological polar surface area (TPSA) is 21.3 Å². The van der Waals surface area contributed by atoms with Crippen LogP contribution >= 0.6 is 0 Å². The average Bonchev–Trinajstić information content (AvgIpc) is 2.46. The van der Waals surface area contributed by atoms with Crippen molar-refractivity contribution in [1.29, 1.82) is 0 Å². The van der Waals surface area contributed by atoms with Gasteiger partial charge < -0.3 is 10.1 Å². The molecule has 0 bridgehead atoms. The van der Waals surface area contributed by atoms with Crippen LogP contribution in [0.1, 0.15) is 38.2 Å². The third-order valence-corrected chi connectivity index (χ3v) is 4.12. The first-order valence-corrected chi connectivity index (χ1v) is 7.82. The molecule has 2 rings (SSSR count). The Balaban J connectivity index is 1.79. The lowest BCUT2D eigenvalue weighted by atomic mass is 9.82. The molecule has 20 heavy (non-hydrogen) atoms. The Bertz CT molecular complexity index is 416. The SMILES string of the molecule is C=CCOc1ccccc1CNCC1CCCC(C)C1. The van der Waals surface area contributed by atoms with Crippen LogP contribution in [0.4, 0.5) is 0 Å². The second-order valence-electron chi connectivity index (χ2n) is 5.98. The van der Waals surface area contributed by atoms with Gasteiger partial charge in [0.25, 0.3) is 0 Å². The molecule has 0 aliphatic heterocycles. The van der Waals surface area contributed by atoms with Crippen LogP contribution in [-0.2, 0) is 6.54 Å². The van der Waals surface area contributed by atoms with Gasteiger partial charge in [0, 0.05) is 12.1 Å². The Morgan fingerprint density at radius 2 is 2.20 bits per heavy atom. The fraction of sp³-hybridized carbons (Fsp3) is 0.556. The summed E-state index contributed by atoms with van der Waals surface area (Å²) in [7, 11) is 0. The normalized spacial score (nSPS) is 22.4. The molecule has 1 N–H and O–H groups in total. The van der Waals surface area contributed by atoms with Crippen LogP contribution in [0.2, 0.25) is 0 Å². The third kappa shape index (κ3) is 4.68. The second-order valence-corrected chi connectivity index (χ2v) is 5.98. The van der Waals surface area contributed by atoms with E-state index < -0.39 is 0 Å².